The van der Waals surface area contributed by atoms with Gasteiger partial charge in [-0.1, -0.05) is 33.8 Å². The molecule has 0 saturated carbocycles. The summed E-state index contributed by atoms with van der Waals surface area (Å²) < 4.78 is 0. The summed E-state index contributed by atoms with van der Waals surface area (Å²) in [5.74, 6) is 6.31. The third-order valence-electron chi connectivity index (χ3n) is 3.23. The first-order chi connectivity index (χ1) is 7.75. The Bertz CT molecular complexity index is 357. The maximum atomic E-state index is 6.31. The molecule has 0 aliphatic carbocycles. The third kappa shape index (κ3) is 3.47. The van der Waals surface area contributed by atoms with Crippen molar-refractivity contribution in [3.8, 4) is 0 Å². The van der Waals surface area contributed by atoms with Crippen molar-refractivity contribution in [2.75, 3.05) is 5.01 Å². The van der Waals surface area contributed by atoms with E-state index in [9.17, 15) is 0 Å². The number of nitrogens with zero attached hydrogens (tertiary/aromatic N) is 1. The maximum absolute atomic E-state index is 6.31. The monoisotopic (exact) mass is 234 g/mol. The zero-order valence-corrected chi connectivity index (χ0v) is 12.0. The van der Waals surface area contributed by atoms with Gasteiger partial charge in [0.2, 0.25) is 0 Å². The number of hydrogen-bond donors (Lipinski definition) is 1. The predicted molar refractivity (Wildman–Crippen MR) is 76.1 cm³/mol. The molecular formula is C15H26N2. The molecule has 0 aliphatic rings. The molecule has 0 heterocycles. The summed E-state index contributed by atoms with van der Waals surface area (Å²) >= 11 is 0. The second kappa shape index (κ2) is 5.09. The lowest BCUT2D eigenvalue weighted by Crippen LogP contribution is -2.48. The van der Waals surface area contributed by atoms with Crippen LogP contribution in [0.5, 0.6) is 0 Å². The summed E-state index contributed by atoms with van der Waals surface area (Å²) in [4.78, 5) is 0. The highest BCUT2D eigenvalue weighted by atomic mass is 15.4. The average Bonchev–Trinajstić information content (AvgIpc) is 2.14. The van der Waals surface area contributed by atoms with E-state index in [1.807, 2.05) is 5.01 Å². The summed E-state index contributed by atoms with van der Waals surface area (Å²) in [7, 11) is 0. The van der Waals surface area contributed by atoms with Gasteiger partial charge in [-0.15, -0.1) is 0 Å². The van der Waals surface area contributed by atoms with E-state index >= 15 is 0 Å². The van der Waals surface area contributed by atoms with Crippen LogP contribution < -0.4 is 10.9 Å². The Balaban J connectivity index is 3.06. The molecule has 2 nitrogen and oxygen atoms in total. The highest BCUT2D eigenvalue weighted by molar-refractivity contribution is 5.50. The Morgan fingerprint density at radius 1 is 1.12 bits per heavy atom. The molecule has 1 atom stereocenters. The maximum Gasteiger partial charge on any atom is 0.0525 e. The second-order valence-corrected chi connectivity index (χ2v) is 6.04. The Morgan fingerprint density at radius 3 is 1.94 bits per heavy atom. The van der Waals surface area contributed by atoms with Crippen LogP contribution in [0.2, 0.25) is 0 Å². The lowest BCUT2D eigenvalue weighted by molar-refractivity contribution is 0.296. The zero-order chi connectivity index (χ0) is 13.2. The van der Waals surface area contributed by atoms with Crippen LogP contribution in [0.3, 0.4) is 0 Å². The molecule has 0 unspecified atom stereocenters. The number of rotatable bonds is 3. The Morgan fingerprint density at radius 2 is 1.59 bits per heavy atom. The van der Waals surface area contributed by atoms with E-state index < -0.39 is 0 Å². The molecule has 0 bridgehead atoms. The van der Waals surface area contributed by atoms with Crippen LogP contribution in [0.4, 0.5) is 5.69 Å². The van der Waals surface area contributed by atoms with E-state index in [0.29, 0.717) is 6.04 Å². The fraction of sp³-hybridized carbons (Fsp3) is 0.600. The van der Waals surface area contributed by atoms with Gasteiger partial charge in [0.15, 0.2) is 0 Å². The lowest BCUT2D eigenvalue weighted by atomic mass is 9.84. The van der Waals surface area contributed by atoms with E-state index in [2.05, 4.69) is 59.7 Å². The predicted octanol–water partition coefficient (Wildman–Crippen LogP) is 3.81. The standard InChI is InChI=1S/C15H26N2/c1-7-14(15(4,5)6)17(16)13-9-11(2)8-12(3)10-13/h8-10,14H,7,16H2,1-6H3/t14-/m1/s1. The van der Waals surface area contributed by atoms with Crippen molar-refractivity contribution in [1.29, 1.82) is 0 Å². The van der Waals surface area contributed by atoms with Crippen molar-refractivity contribution in [1.82, 2.24) is 0 Å². The van der Waals surface area contributed by atoms with Crippen molar-refractivity contribution in [2.24, 2.45) is 11.3 Å². The minimum absolute atomic E-state index is 0.182. The van der Waals surface area contributed by atoms with Gasteiger partial charge < -0.3 is 5.01 Å². The van der Waals surface area contributed by atoms with Crippen LogP contribution in [0, 0.1) is 19.3 Å². The Hall–Kier alpha value is -1.02. The molecule has 0 aliphatic heterocycles. The van der Waals surface area contributed by atoms with Crippen molar-refractivity contribution < 1.29 is 0 Å². The first kappa shape index (κ1) is 14.0. The fourth-order valence-electron chi connectivity index (χ4n) is 2.51. The van der Waals surface area contributed by atoms with Gasteiger partial charge in [0, 0.05) is 6.04 Å². The molecule has 1 aromatic carbocycles. The average molecular weight is 234 g/mol. The van der Waals surface area contributed by atoms with Crippen LogP contribution in [0.1, 0.15) is 45.2 Å². The van der Waals surface area contributed by atoms with Gasteiger partial charge in [-0.05, 0) is 48.9 Å². The second-order valence-electron chi connectivity index (χ2n) is 6.04. The molecule has 0 amide bonds. The Kier molecular flexibility index (Phi) is 4.21. The first-order valence-corrected chi connectivity index (χ1v) is 6.38. The minimum Gasteiger partial charge on any atom is -0.307 e. The molecule has 0 saturated heterocycles. The largest absolute Gasteiger partial charge is 0.307 e. The Labute approximate surface area is 106 Å². The summed E-state index contributed by atoms with van der Waals surface area (Å²) in [6.45, 7) is 13.1. The van der Waals surface area contributed by atoms with Crippen LogP contribution >= 0.6 is 0 Å². The lowest BCUT2D eigenvalue weighted by Gasteiger charge is -2.38. The van der Waals surface area contributed by atoms with Crippen LogP contribution in [0.15, 0.2) is 18.2 Å². The number of nitrogens with two attached hydrogens (primary N) is 1. The molecule has 2 heteroatoms. The molecule has 0 fully saturated rings. The van der Waals surface area contributed by atoms with Gasteiger partial charge >= 0.3 is 0 Å². The zero-order valence-electron chi connectivity index (χ0n) is 12.0. The summed E-state index contributed by atoms with van der Waals surface area (Å²) in [6, 6.07) is 6.83. The molecule has 1 aromatic rings. The molecule has 2 N–H and O–H groups in total. The molecular weight excluding hydrogens is 208 g/mol. The fourth-order valence-corrected chi connectivity index (χ4v) is 2.51. The number of hydrogen-bond acceptors (Lipinski definition) is 2. The first-order valence-electron chi connectivity index (χ1n) is 6.38. The van der Waals surface area contributed by atoms with E-state index in [0.717, 1.165) is 12.1 Å². The molecule has 0 radical (unpaired) electrons. The molecule has 1 rings (SSSR count). The van der Waals surface area contributed by atoms with Crippen LogP contribution in [0.25, 0.3) is 0 Å². The molecule has 17 heavy (non-hydrogen) atoms. The van der Waals surface area contributed by atoms with Gasteiger partial charge in [-0.25, -0.2) is 5.84 Å². The smallest absolute Gasteiger partial charge is 0.0525 e. The number of hydrazine groups is 1. The van der Waals surface area contributed by atoms with E-state index in [1.165, 1.54) is 11.1 Å². The summed E-state index contributed by atoms with van der Waals surface area (Å²) in [5.41, 5.74) is 3.82. The van der Waals surface area contributed by atoms with Crippen molar-refractivity contribution in [3.05, 3.63) is 29.3 Å². The van der Waals surface area contributed by atoms with Crippen LogP contribution in [-0.4, -0.2) is 6.04 Å². The van der Waals surface area contributed by atoms with Gasteiger partial charge in [-0.3, -0.25) is 0 Å². The highest BCUT2D eigenvalue weighted by Gasteiger charge is 2.27. The van der Waals surface area contributed by atoms with Crippen LogP contribution in [-0.2, 0) is 0 Å². The van der Waals surface area contributed by atoms with Gasteiger partial charge in [0.25, 0.3) is 0 Å². The quantitative estimate of drug-likeness (QED) is 0.636. The normalized spacial score (nSPS) is 13.6. The van der Waals surface area contributed by atoms with Crippen molar-refractivity contribution in [3.63, 3.8) is 0 Å². The molecule has 0 aromatic heterocycles. The van der Waals surface area contributed by atoms with Crippen molar-refractivity contribution in [2.45, 2.75) is 54.0 Å². The topological polar surface area (TPSA) is 29.3 Å². The minimum atomic E-state index is 0.182. The molecule has 0 spiro atoms. The van der Waals surface area contributed by atoms with Gasteiger partial charge in [-0.2, -0.15) is 0 Å². The molecule has 96 valence electrons. The third-order valence-corrected chi connectivity index (χ3v) is 3.23. The summed E-state index contributed by atoms with van der Waals surface area (Å²) in [6.07, 6.45) is 1.05. The van der Waals surface area contributed by atoms with E-state index in [-0.39, 0.29) is 5.41 Å². The van der Waals surface area contributed by atoms with E-state index in [1.54, 1.807) is 0 Å². The highest BCUT2D eigenvalue weighted by Crippen LogP contribution is 2.29. The number of benzene rings is 1. The number of anilines is 1. The van der Waals surface area contributed by atoms with Gasteiger partial charge in [0.05, 0.1) is 5.69 Å². The SMILES string of the molecule is CC[C@@H](N(N)c1cc(C)cc(C)c1)C(C)(C)C. The number of aryl methyl sites for hydroxylation is 2. The van der Waals surface area contributed by atoms with E-state index in [4.69, 9.17) is 5.84 Å². The summed E-state index contributed by atoms with van der Waals surface area (Å²) in [5, 5.41) is 1.93. The van der Waals surface area contributed by atoms with Crippen molar-refractivity contribution >= 4 is 5.69 Å². The van der Waals surface area contributed by atoms with Gasteiger partial charge in [0.1, 0.15) is 0 Å².